The van der Waals surface area contributed by atoms with Crippen LogP contribution < -0.4 is 19.7 Å². The highest BCUT2D eigenvalue weighted by Crippen LogP contribution is 2.33. The van der Waals surface area contributed by atoms with Crippen molar-refractivity contribution in [2.75, 3.05) is 50.8 Å². The number of ketones is 1. The standard InChI is InChI=1S/C26H32ClN3O5/c1-3-29(4-2)15-13-28-25(32)10-7-14-30-21-16-19(11-12-24(21)35-18-26(30)33)22(31)17-34-23-9-6-5-8-20(23)27/h5-6,8-9,11-12,16H,3-4,7,10,13-15,17-18H2,1-2H3,(H,28,32). The van der Waals surface area contributed by atoms with Gasteiger partial charge in [0.15, 0.2) is 19.0 Å². The van der Waals surface area contributed by atoms with Crippen molar-refractivity contribution in [2.24, 2.45) is 0 Å². The van der Waals surface area contributed by atoms with Crippen LogP contribution in [0.25, 0.3) is 0 Å². The number of hydrogen-bond donors (Lipinski definition) is 1. The highest BCUT2D eigenvalue weighted by molar-refractivity contribution is 6.32. The van der Waals surface area contributed by atoms with Gasteiger partial charge in [0, 0.05) is 31.6 Å². The third-order valence-electron chi connectivity index (χ3n) is 5.85. The average molecular weight is 502 g/mol. The van der Waals surface area contributed by atoms with Gasteiger partial charge in [0.25, 0.3) is 5.91 Å². The van der Waals surface area contributed by atoms with E-state index in [9.17, 15) is 14.4 Å². The van der Waals surface area contributed by atoms with Crippen molar-refractivity contribution < 1.29 is 23.9 Å². The summed E-state index contributed by atoms with van der Waals surface area (Å²) in [7, 11) is 0. The maximum Gasteiger partial charge on any atom is 0.265 e. The summed E-state index contributed by atoms with van der Waals surface area (Å²) in [4.78, 5) is 41.3. The zero-order chi connectivity index (χ0) is 25.2. The number of carbonyl (C=O) groups excluding carboxylic acids is 3. The fourth-order valence-corrected chi connectivity index (χ4v) is 3.98. The van der Waals surface area contributed by atoms with Gasteiger partial charge in [-0.15, -0.1) is 0 Å². The maximum atomic E-state index is 12.7. The average Bonchev–Trinajstić information content (AvgIpc) is 2.87. The molecule has 1 heterocycles. The first-order valence-electron chi connectivity index (χ1n) is 11.9. The third kappa shape index (κ3) is 7.44. The molecule has 1 N–H and O–H groups in total. The summed E-state index contributed by atoms with van der Waals surface area (Å²) in [5.41, 5.74) is 0.917. The Hall–Kier alpha value is -3.10. The molecule has 8 nitrogen and oxygen atoms in total. The molecule has 9 heteroatoms. The Labute approximate surface area is 211 Å². The highest BCUT2D eigenvalue weighted by Gasteiger charge is 2.26. The van der Waals surface area contributed by atoms with Gasteiger partial charge >= 0.3 is 0 Å². The lowest BCUT2D eigenvalue weighted by molar-refractivity contribution is -0.122. The zero-order valence-electron chi connectivity index (χ0n) is 20.2. The van der Waals surface area contributed by atoms with Crippen molar-refractivity contribution in [3.8, 4) is 11.5 Å². The van der Waals surface area contributed by atoms with E-state index in [1.54, 1.807) is 47.4 Å². The molecule has 2 amide bonds. The first-order chi connectivity index (χ1) is 16.9. The van der Waals surface area contributed by atoms with Crippen molar-refractivity contribution in [2.45, 2.75) is 26.7 Å². The summed E-state index contributed by atoms with van der Waals surface area (Å²) in [6, 6.07) is 11.9. The lowest BCUT2D eigenvalue weighted by Crippen LogP contribution is -2.40. The number of rotatable bonds is 13. The summed E-state index contributed by atoms with van der Waals surface area (Å²) in [5.74, 6) is 0.446. The van der Waals surface area contributed by atoms with E-state index in [1.165, 1.54) is 0 Å². The van der Waals surface area contributed by atoms with Crippen LogP contribution in [0.5, 0.6) is 11.5 Å². The minimum absolute atomic E-state index is 0.0428. The number of likely N-dealkylation sites (N-methyl/N-ethyl adjacent to an activating group) is 1. The maximum absolute atomic E-state index is 12.7. The van der Waals surface area contributed by atoms with Crippen LogP contribution >= 0.6 is 11.6 Å². The number of nitrogens with zero attached hydrogens (tertiary/aromatic N) is 2. The van der Waals surface area contributed by atoms with Crippen molar-refractivity contribution in [1.82, 2.24) is 10.2 Å². The monoisotopic (exact) mass is 501 g/mol. The second-order valence-corrected chi connectivity index (χ2v) is 8.55. The van der Waals surface area contributed by atoms with E-state index in [0.717, 1.165) is 19.6 Å². The Morgan fingerprint density at radius 2 is 1.94 bits per heavy atom. The summed E-state index contributed by atoms with van der Waals surface area (Å²) in [6.45, 7) is 7.57. The number of fused-ring (bicyclic) bond motifs is 1. The Kier molecular flexibility index (Phi) is 9.93. The van der Waals surface area contributed by atoms with E-state index < -0.39 is 0 Å². The van der Waals surface area contributed by atoms with E-state index >= 15 is 0 Å². The van der Waals surface area contributed by atoms with Gasteiger partial charge in [0.05, 0.1) is 10.7 Å². The van der Waals surface area contributed by atoms with Gasteiger partial charge < -0.3 is 24.6 Å². The van der Waals surface area contributed by atoms with Crippen LogP contribution in [-0.4, -0.2) is 68.4 Å². The summed E-state index contributed by atoms with van der Waals surface area (Å²) in [5, 5.41) is 3.35. The van der Waals surface area contributed by atoms with Gasteiger partial charge in [-0.25, -0.2) is 0 Å². The van der Waals surface area contributed by atoms with Crippen molar-refractivity contribution in [1.29, 1.82) is 0 Å². The Morgan fingerprint density at radius 1 is 1.17 bits per heavy atom. The fraction of sp³-hybridized carbons (Fsp3) is 0.423. The first-order valence-corrected chi connectivity index (χ1v) is 12.3. The van der Waals surface area contributed by atoms with Crippen molar-refractivity contribution >= 4 is 34.9 Å². The van der Waals surface area contributed by atoms with Crippen LogP contribution in [0, 0.1) is 0 Å². The number of Topliss-reactive ketones (excluding diaryl/α,β-unsaturated/α-hetero) is 1. The topological polar surface area (TPSA) is 88.2 Å². The molecule has 0 atom stereocenters. The number of carbonyl (C=O) groups is 3. The minimum atomic E-state index is -0.252. The van der Waals surface area contributed by atoms with Gasteiger partial charge in [0.2, 0.25) is 5.91 Å². The van der Waals surface area contributed by atoms with Gasteiger partial charge in [-0.3, -0.25) is 14.4 Å². The summed E-state index contributed by atoms with van der Waals surface area (Å²) in [6.07, 6.45) is 0.804. The lowest BCUT2D eigenvalue weighted by atomic mass is 10.1. The number of amides is 2. The van der Waals surface area contributed by atoms with Crippen LogP contribution in [0.3, 0.4) is 0 Å². The van der Waals surface area contributed by atoms with Gasteiger partial charge in [-0.2, -0.15) is 0 Å². The van der Waals surface area contributed by atoms with Crippen LogP contribution in [-0.2, 0) is 9.59 Å². The second kappa shape index (κ2) is 13.1. The molecule has 0 bridgehead atoms. The van der Waals surface area contributed by atoms with E-state index in [-0.39, 0.29) is 30.8 Å². The number of nitrogens with one attached hydrogen (secondary N) is 1. The third-order valence-corrected chi connectivity index (χ3v) is 6.16. The van der Waals surface area contributed by atoms with E-state index in [2.05, 4.69) is 24.1 Å². The van der Waals surface area contributed by atoms with Crippen LogP contribution in [0.15, 0.2) is 42.5 Å². The first kappa shape index (κ1) is 26.5. The molecule has 3 rings (SSSR count). The molecule has 0 aromatic heterocycles. The predicted octanol–water partition coefficient (Wildman–Crippen LogP) is 3.57. The molecule has 1 aliphatic rings. The molecule has 35 heavy (non-hydrogen) atoms. The Bertz CT molecular complexity index is 1040. The predicted molar refractivity (Wildman–Crippen MR) is 136 cm³/mol. The summed E-state index contributed by atoms with van der Waals surface area (Å²) < 4.78 is 11.1. The normalized spacial score (nSPS) is 12.8. The summed E-state index contributed by atoms with van der Waals surface area (Å²) >= 11 is 6.08. The molecule has 0 fully saturated rings. The van der Waals surface area contributed by atoms with E-state index in [0.29, 0.717) is 53.7 Å². The molecule has 0 saturated carbocycles. The lowest BCUT2D eigenvalue weighted by Gasteiger charge is -2.29. The molecule has 0 radical (unpaired) electrons. The smallest absolute Gasteiger partial charge is 0.265 e. The van der Waals surface area contributed by atoms with Crippen LogP contribution in [0.2, 0.25) is 5.02 Å². The fourth-order valence-electron chi connectivity index (χ4n) is 3.79. The second-order valence-electron chi connectivity index (χ2n) is 8.14. The van der Waals surface area contributed by atoms with Crippen LogP contribution in [0.4, 0.5) is 5.69 Å². The van der Waals surface area contributed by atoms with Crippen LogP contribution in [0.1, 0.15) is 37.0 Å². The SMILES string of the molecule is CCN(CC)CCNC(=O)CCCN1C(=O)COc2ccc(C(=O)COc3ccccc3Cl)cc21. The zero-order valence-corrected chi connectivity index (χ0v) is 21.0. The number of hydrogen-bond acceptors (Lipinski definition) is 6. The number of anilines is 1. The molecule has 0 unspecified atom stereocenters. The van der Waals surface area contributed by atoms with Gasteiger partial charge in [0.1, 0.15) is 11.5 Å². The molecular formula is C26H32ClN3O5. The largest absolute Gasteiger partial charge is 0.484 e. The molecule has 2 aromatic rings. The van der Waals surface area contributed by atoms with Crippen molar-refractivity contribution in [3.63, 3.8) is 0 Å². The quantitative estimate of drug-likeness (QED) is 0.422. The number of para-hydroxylation sites is 1. The molecule has 0 saturated heterocycles. The van der Waals surface area contributed by atoms with Gasteiger partial charge in [-0.1, -0.05) is 37.6 Å². The molecular weight excluding hydrogens is 470 g/mol. The van der Waals surface area contributed by atoms with E-state index in [4.69, 9.17) is 21.1 Å². The van der Waals surface area contributed by atoms with E-state index in [1.807, 2.05) is 0 Å². The Morgan fingerprint density at radius 3 is 2.69 bits per heavy atom. The molecule has 188 valence electrons. The number of benzene rings is 2. The Balaban J connectivity index is 1.56. The van der Waals surface area contributed by atoms with Crippen molar-refractivity contribution in [3.05, 3.63) is 53.1 Å². The minimum Gasteiger partial charge on any atom is -0.484 e. The molecule has 1 aliphatic heterocycles. The number of ether oxygens (including phenoxy) is 2. The van der Waals surface area contributed by atoms with Gasteiger partial charge in [-0.05, 0) is 49.8 Å². The molecule has 0 spiro atoms. The molecule has 0 aliphatic carbocycles. The highest BCUT2D eigenvalue weighted by atomic mass is 35.5. The number of halogens is 1. The molecule has 2 aromatic carbocycles.